The van der Waals surface area contributed by atoms with Crippen LogP contribution in [0.2, 0.25) is 0 Å². The molecule has 0 saturated carbocycles. The van der Waals surface area contributed by atoms with E-state index < -0.39 is 5.97 Å². The third-order valence-corrected chi connectivity index (χ3v) is 3.17. The monoisotopic (exact) mass is 282 g/mol. The van der Waals surface area contributed by atoms with Gasteiger partial charge in [0.25, 0.3) is 0 Å². The summed E-state index contributed by atoms with van der Waals surface area (Å²) < 4.78 is 0. The number of carboxylic acid groups (broad SMARTS) is 1. The van der Waals surface area contributed by atoms with Crippen LogP contribution in [0.4, 0.5) is 10.5 Å². The number of carboxylic acids is 1. The topological polar surface area (TPSA) is 78.4 Å². The fourth-order valence-electron chi connectivity index (χ4n) is 1.62. The smallest absolute Gasteiger partial charge is 0.319 e. The fourth-order valence-corrected chi connectivity index (χ4v) is 2.20. The summed E-state index contributed by atoms with van der Waals surface area (Å²) in [6, 6.07) is 6.62. The molecule has 5 nitrogen and oxygen atoms in total. The fraction of sp³-hybridized carbons (Fsp3) is 0.385. The lowest BCUT2D eigenvalue weighted by Crippen LogP contribution is -2.37. The van der Waals surface area contributed by atoms with Gasteiger partial charge in [0, 0.05) is 17.5 Å². The first-order valence-electron chi connectivity index (χ1n) is 5.88. The van der Waals surface area contributed by atoms with Crippen molar-refractivity contribution in [3.05, 3.63) is 29.8 Å². The third-order valence-electron chi connectivity index (χ3n) is 2.33. The summed E-state index contributed by atoms with van der Waals surface area (Å²) in [6.07, 6.45) is 1.92. The minimum Gasteiger partial charge on any atom is -0.481 e. The molecule has 0 aliphatic heterocycles. The highest BCUT2D eigenvalue weighted by molar-refractivity contribution is 7.98. The van der Waals surface area contributed by atoms with Crippen LogP contribution in [-0.2, 0) is 11.2 Å². The van der Waals surface area contributed by atoms with Gasteiger partial charge in [-0.05, 0) is 30.9 Å². The second kappa shape index (κ2) is 7.68. The van der Waals surface area contributed by atoms with Crippen LogP contribution in [-0.4, -0.2) is 35.2 Å². The Labute approximate surface area is 116 Å². The summed E-state index contributed by atoms with van der Waals surface area (Å²) in [5.41, 5.74) is 1.25. The zero-order valence-corrected chi connectivity index (χ0v) is 11.8. The Kier molecular flexibility index (Phi) is 6.21. The summed E-state index contributed by atoms with van der Waals surface area (Å²) >= 11 is 1.66. The van der Waals surface area contributed by atoms with Crippen molar-refractivity contribution in [1.29, 1.82) is 0 Å². The van der Waals surface area contributed by atoms with Crippen molar-refractivity contribution in [2.75, 3.05) is 17.3 Å². The average Bonchev–Trinajstić information content (AvgIpc) is 2.28. The van der Waals surface area contributed by atoms with Gasteiger partial charge in [-0.1, -0.05) is 12.1 Å². The van der Waals surface area contributed by atoms with Crippen LogP contribution in [0.15, 0.2) is 24.3 Å². The Hall–Kier alpha value is -1.69. The Balaban J connectivity index is 2.56. The average molecular weight is 282 g/mol. The van der Waals surface area contributed by atoms with E-state index in [1.165, 1.54) is 0 Å². The van der Waals surface area contributed by atoms with Crippen LogP contribution in [0.5, 0.6) is 0 Å². The van der Waals surface area contributed by atoms with Gasteiger partial charge in [0.2, 0.25) is 0 Å². The minimum absolute atomic E-state index is 0.0555. The van der Waals surface area contributed by atoms with E-state index in [0.29, 0.717) is 11.3 Å². The van der Waals surface area contributed by atoms with Crippen LogP contribution in [0.25, 0.3) is 0 Å². The molecule has 19 heavy (non-hydrogen) atoms. The number of amides is 2. The molecule has 0 bridgehead atoms. The van der Waals surface area contributed by atoms with E-state index in [4.69, 9.17) is 5.11 Å². The van der Waals surface area contributed by atoms with Crippen molar-refractivity contribution in [2.45, 2.75) is 19.4 Å². The molecule has 0 aliphatic rings. The minimum atomic E-state index is -0.893. The lowest BCUT2D eigenvalue weighted by molar-refractivity contribution is -0.136. The summed E-state index contributed by atoms with van der Waals surface area (Å²) in [4.78, 5) is 22.3. The Morgan fingerprint density at radius 2 is 2.16 bits per heavy atom. The van der Waals surface area contributed by atoms with Crippen LogP contribution in [0.1, 0.15) is 12.5 Å². The number of urea groups is 1. The second-order valence-electron chi connectivity index (χ2n) is 4.23. The number of anilines is 1. The first-order valence-corrected chi connectivity index (χ1v) is 7.28. The number of rotatable bonds is 6. The molecule has 0 heterocycles. The van der Waals surface area contributed by atoms with Gasteiger partial charge in [-0.25, -0.2) is 4.79 Å². The van der Waals surface area contributed by atoms with Gasteiger partial charge >= 0.3 is 12.0 Å². The number of hydrogen-bond donors (Lipinski definition) is 3. The number of carbonyl (C=O) groups is 2. The van der Waals surface area contributed by atoms with Gasteiger partial charge in [-0.3, -0.25) is 4.79 Å². The molecule has 0 spiro atoms. The van der Waals surface area contributed by atoms with E-state index >= 15 is 0 Å². The molecule has 0 aliphatic carbocycles. The third kappa shape index (κ3) is 6.15. The Morgan fingerprint density at radius 3 is 2.79 bits per heavy atom. The number of aliphatic carboxylic acids is 1. The molecule has 6 heteroatoms. The zero-order chi connectivity index (χ0) is 14.3. The number of hydrogen-bond acceptors (Lipinski definition) is 3. The van der Waals surface area contributed by atoms with E-state index in [9.17, 15) is 9.59 Å². The summed E-state index contributed by atoms with van der Waals surface area (Å²) in [7, 11) is 0. The standard InChI is InChI=1S/C13H18N2O3S/c1-9(8-19-2)14-13(18)15-11-5-3-4-10(6-11)7-12(16)17/h3-6,9H,7-8H2,1-2H3,(H,16,17)(H2,14,15,18). The van der Waals surface area contributed by atoms with Crippen molar-refractivity contribution in [2.24, 2.45) is 0 Å². The number of benzene rings is 1. The van der Waals surface area contributed by atoms with Crippen molar-refractivity contribution in [1.82, 2.24) is 5.32 Å². The molecule has 3 N–H and O–H groups in total. The summed E-state index contributed by atoms with van der Waals surface area (Å²) in [5.74, 6) is -0.0536. The molecule has 1 atom stereocenters. The van der Waals surface area contributed by atoms with Gasteiger partial charge in [0.15, 0.2) is 0 Å². The molecule has 1 aromatic carbocycles. The molecule has 0 aromatic heterocycles. The molecular weight excluding hydrogens is 264 g/mol. The van der Waals surface area contributed by atoms with Crippen LogP contribution in [0, 0.1) is 0 Å². The highest BCUT2D eigenvalue weighted by atomic mass is 32.2. The van der Waals surface area contributed by atoms with Crippen LogP contribution in [0.3, 0.4) is 0 Å². The maximum absolute atomic E-state index is 11.7. The molecule has 0 radical (unpaired) electrons. The maximum Gasteiger partial charge on any atom is 0.319 e. The molecule has 1 unspecified atom stereocenters. The van der Waals surface area contributed by atoms with Gasteiger partial charge < -0.3 is 15.7 Å². The quantitative estimate of drug-likeness (QED) is 0.747. The molecule has 104 valence electrons. The van der Waals surface area contributed by atoms with E-state index in [1.54, 1.807) is 36.0 Å². The molecule has 0 saturated heterocycles. The molecular formula is C13H18N2O3S. The van der Waals surface area contributed by atoms with E-state index in [1.807, 2.05) is 13.2 Å². The predicted molar refractivity (Wildman–Crippen MR) is 77.8 cm³/mol. The molecule has 1 rings (SSSR count). The van der Waals surface area contributed by atoms with Gasteiger partial charge in [-0.15, -0.1) is 0 Å². The van der Waals surface area contributed by atoms with Gasteiger partial charge in [0.05, 0.1) is 6.42 Å². The Bertz CT molecular complexity index is 451. The second-order valence-corrected chi connectivity index (χ2v) is 5.14. The highest BCUT2D eigenvalue weighted by Crippen LogP contribution is 2.11. The van der Waals surface area contributed by atoms with Crippen molar-refractivity contribution < 1.29 is 14.7 Å². The van der Waals surface area contributed by atoms with E-state index in [-0.39, 0.29) is 18.5 Å². The van der Waals surface area contributed by atoms with Crippen LogP contribution >= 0.6 is 11.8 Å². The lowest BCUT2D eigenvalue weighted by Gasteiger charge is -2.13. The molecule has 2 amide bonds. The first kappa shape index (κ1) is 15.4. The number of carbonyl (C=O) groups excluding carboxylic acids is 1. The number of thioether (sulfide) groups is 1. The zero-order valence-electron chi connectivity index (χ0n) is 11.0. The van der Waals surface area contributed by atoms with Gasteiger partial charge in [-0.2, -0.15) is 11.8 Å². The largest absolute Gasteiger partial charge is 0.481 e. The van der Waals surface area contributed by atoms with E-state index in [0.717, 1.165) is 5.75 Å². The summed E-state index contributed by atoms with van der Waals surface area (Å²) in [6.45, 7) is 1.93. The normalized spacial score (nSPS) is 11.7. The van der Waals surface area contributed by atoms with E-state index in [2.05, 4.69) is 10.6 Å². The SMILES string of the molecule is CSCC(C)NC(=O)Nc1cccc(CC(=O)O)c1. The Morgan fingerprint density at radius 1 is 1.42 bits per heavy atom. The van der Waals surface area contributed by atoms with Crippen molar-refractivity contribution >= 4 is 29.4 Å². The van der Waals surface area contributed by atoms with Crippen LogP contribution < -0.4 is 10.6 Å². The van der Waals surface area contributed by atoms with Gasteiger partial charge in [0.1, 0.15) is 0 Å². The number of nitrogens with one attached hydrogen (secondary N) is 2. The highest BCUT2D eigenvalue weighted by Gasteiger charge is 2.07. The lowest BCUT2D eigenvalue weighted by atomic mass is 10.1. The molecule has 0 fully saturated rings. The summed E-state index contributed by atoms with van der Waals surface area (Å²) in [5, 5.41) is 14.2. The van der Waals surface area contributed by atoms with Crippen molar-refractivity contribution in [3.8, 4) is 0 Å². The first-order chi connectivity index (χ1) is 9.01. The van der Waals surface area contributed by atoms with Crippen molar-refractivity contribution in [3.63, 3.8) is 0 Å². The molecule has 1 aromatic rings. The predicted octanol–water partition coefficient (Wildman–Crippen LogP) is 2.19. The maximum atomic E-state index is 11.7.